The van der Waals surface area contributed by atoms with E-state index in [0.29, 0.717) is 23.3 Å². The molecule has 0 saturated heterocycles. The van der Waals surface area contributed by atoms with Crippen molar-refractivity contribution in [3.05, 3.63) is 26.7 Å². The van der Waals surface area contributed by atoms with E-state index in [9.17, 15) is 9.18 Å². The van der Waals surface area contributed by atoms with Gasteiger partial charge in [0, 0.05) is 48.3 Å². The summed E-state index contributed by atoms with van der Waals surface area (Å²) in [7, 11) is 0. The van der Waals surface area contributed by atoms with Crippen LogP contribution in [-0.4, -0.2) is 52.6 Å². The summed E-state index contributed by atoms with van der Waals surface area (Å²) in [6, 6.07) is 0. The first-order valence-electron chi connectivity index (χ1n) is 12.7. The van der Waals surface area contributed by atoms with Crippen molar-refractivity contribution in [2.75, 3.05) is 26.2 Å². The van der Waals surface area contributed by atoms with Gasteiger partial charge in [-0.25, -0.2) is 14.4 Å². The van der Waals surface area contributed by atoms with Crippen LogP contribution in [0, 0.1) is 18.8 Å². The highest BCUT2D eigenvalue weighted by atomic mass is 32.1. The molecule has 2 aliphatic rings. The molecular formula is C26H38FN3O2S2. The first kappa shape index (κ1) is 25.7. The van der Waals surface area contributed by atoms with Crippen molar-refractivity contribution in [2.24, 2.45) is 11.8 Å². The third-order valence-electron chi connectivity index (χ3n) is 6.99. The van der Waals surface area contributed by atoms with Crippen LogP contribution < -0.4 is 4.74 Å². The Morgan fingerprint density at radius 3 is 2.62 bits per heavy atom. The molecule has 1 fully saturated rings. The number of nitrogens with zero attached hydrogens (tertiary/aromatic N) is 3. The minimum atomic E-state index is -1.34. The van der Waals surface area contributed by atoms with Gasteiger partial charge in [-0.1, -0.05) is 24.2 Å². The number of rotatable bonds is 10. The number of ether oxygens (including phenoxy) is 1. The molecule has 0 unspecified atom stereocenters. The van der Waals surface area contributed by atoms with Crippen LogP contribution in [0.15, 0.2) is 6.20 Å². The SMILES string of the molecule is Cc1ncc(CC(=O)CC2CCC(CCN3CCc4nc(OCC(C)(C)F)sc4CC3)CC2)s1. The van der Waals surface area contributed by atoms with Gasteiger partial charge in [0.05, 0.1) is 10.7 Å². The van der Waals surface area contributed by atoms with Gasteiger partial charge in [0.15, 0.2) is 0 Å². The van der Waals surface area contributed by atoms with Gasteiger partial charge in [0.1, 0.15) is 18.1 Å². The summed E-state index contributed by atoms with van der Waals surface area (Å²) in [5.41, 5.74) is -0.201. The number of thiazole rings is 2. The largest absolute Gasteiger partial charge is 0.467 e. The van der Waals surface area contributed by atoms with Gasteiger partial charge in [0.2, 0.25) is 0 Å². The van der Waals surface area contributed by atoms with Crippen LogP contribution in [0.25, 0.3) is 0 Å². The zero-order valence-electron chi connectivity index (χ0n) is 20.8. The van der Waals surface area contributed by atoms with Crippen molar-refractivity contribution in [1.29, 1.82) is 0 Å². The molecule has 188 valence electrons. The Morgan fingerprint density at radius 1 is 1.18 bits per heavy atom. The molecular weight excluding hydrogens is 469 g/mol. The predicted octanol–water partition coefficient (Wildman–Crippen LogP) is 5.83. The molecule has 34 heavy (non-hydrogen) atoms. The molecule has 0 aromatic carbocycles. The second-order valence-corrected chi connectivity index (χ2v) is 13.0. The maximum absolute atomic E-state index is 13.7. The average molecular weight is 508 g/mol. The van der Waals surface area contributed by atoms with Crippen molar-refractivity contribution in [2.45, 2.75) is 84.2 Å². The number of hydrogen-bond donors (Lipinski definition) is 0. The second-order valence-electron chi connectivity index (χ2n) is 10.6. The maximum Gasteiger partial charge on any atom is 0.273 e. The lowest BCUT2D eigenvalue weighted by molar-refractivity contribution is -0.119. The molecule has 0 bridgehead atoms. The summed E-state index contributed by atoms with van der Waals surface area (Å²) in [5, 5.41) is 1.65. The zero-order chi connectivity index (χ0) is 24.1. The number of alkyl halides is 1. The van der Waals surface area contributed by atoms with Crippen LogP contribution in [0.4, 0.5) is 4.39 Å². The molecule has 2 aromatic rings. The van der Waals surface area contributed by atoms with E-state index in [1.807, 2.05) is 13.1 Å². The lowest BCUT2D eigenvalue weighted by Crippen LogP contribution is -2.30. The van der Waals surface area contributed by atoms with E-state index in [4.69, 9.17) is 4.74 Å². The Balaban J connectivity index is 1.13. The molecule has 2 aromatic heterocycles. The van der Waals surface area contributed by atoms with Gasteiger partial charge in [-0.2, -0.15) is 0 Å². The molecule has 0 atom stereocenters. The number of fused-ring (bicyclic) bond motifs is 1. The topological polar surface area (TPSA) is 55.3 Å². The highest BCUT2D eigenvalue weighted by molar-refractivity contribution is 7.13. The molecule has 0 amide bonds. The van der Waals surface area contributed by atoms with Gasteiger partial charge in [-0.3, -0.25) is 4.79 Å². The average Bonchev–Trinajstić information content (AvgIpc) is 3.32. The second kappa shape index (κ2) is 11.6. The van der Waals surface area contributed by atoms with Crippen LogP contribution in [0.3, 0.4) is 0 Å². The molecule has 1 aliphatic heterocycles. The smallest absolute Gasteiger partial charge is 0.273 e. The fourth-order valence-electron chi connectivity index (χ4n) is 5.07. The third-order valence-corrected chi connectivity index (χ3v) is 8.98. The predicted molar refractivity (Wildman–Crippen MR) is 137 cm³/mol. The van der Waals surface area contributed by atoms with E-state index in [-0.39, 0.29) is 6.61 Å². The van der Waals surface area contributed by atoms with E-state index in [1.165, 1.54) is 50.8 Å². The van der Waals surface area contributed by atoms with E-state index in [0.717, 1.165) is 60.4 Å². The molecule has 1 aliphatic carbocycles. The van der Waals surface area contributed by atoms with Crippen molar-refractivity contribution in [3.63, 3.8) is 0 Å². The van der Waals surface area contributed by atoms with E-state index in [2.05, 4.69) is 14.9 Å². The summed E-state index contributed by atoms with van der Waals surface area (Å²) >= 11 is 3.23. The molecule has 0 spiro atoms. The number of carbonyl (C=O) groups is 1. The van der Waals surface area contributed by atoms with Crippen molar-refractivity contribution < 1.29 is 13.9 Å². The van der Waals surface area contributed by atoms with Gasteiger partial charge >= 0.3 is 0 Å². The highest BCUT2D eigenvalue weighted by Crippen LogP contribution is 2.34. The number of hydrogen-bond acceptors (Lipinski definition) is 7. The summed E-state index contributed by atoms with van der Waals surface area (Å²) in [4.78, 5) is 26.3. The van der Waals surface area contributed by atoms with Crippen molar-refractivity contribution in [3.8, 4) is 5.19 Å². The quantitative estimate of drug-likeness (QED) is 0.405. The van der Waals surface area contributed by atoms with Crippen LogP contribution in [0.5, 0.6) is 5.19 Å². The van der Waals surface area contributed by atoms with Crippen LogP contribution in [0.2, 0.25) is 0 Å². The van der Waals surface area contributed by atoms with Crippen LogP contribution >= 0.6 is 22.7 Å². The Hall–Kier alpha value is -1.38. The number of aryl methyl sites for hydroxylation is 1. The van der Waals surface area contributed by atoms with E-state index in [1.54, 1.807) is 22.7 Å². The van der Waals surface area contributed by atoms with Crippen LogP contribution in [0.1, 0.15) is 72.8 Å². The van der Waals surface area contributed by atoms with Gasteiger partial charge in [0.25, 0.3) is 5.19 Å². The first-order chi connectivity index (χ1) is 16.2. The summed E-state index contributed by atoms with van der Waals surface area (Å²) in [6.45, 7) is 8.34. The van der Waals surface area contributed by atoms with E-state index >= 15 is 0 Å². The molecule has 0 N–H and O–H groups in total. The standard InChI is InChI=1S/C26H38FN3O2S2/c1-18-28-16-22(33-18)15-21(31)14-20-6-4-19(5-7-20)8-11-30-12-9-23-24(10-13-30)34-25(29-23)32-17-26(2,3)27/h16,19-20H,4-15,17H2,1-3H3. The normalized spacial score (nSPS) is 21.8. The lowest BCUT2D eigenvalue weighted by atomic mass is 9.78. The van der Waals surface area contributed by atoms with Crippen LogP contribution in [-0.2, 0) is 24.1 Å². The Kier molecular flexibility index (Phi) is 8.75. The van der Waals surface area contributed by atoms with Crippen molar-refractivity contribution >= 4 is 28.5 Å². The van der Waals surface area contributed by atoms with Gasteiger partial charge in [-0.05, 0) is 64.8 Å². The monoisotopic (exact) mass is 507 g/mol. The van der Waals surface area contributed by atoms with Gasteiger partial charge < -0.3 is 9.64 Å². The number of aromatic nitrogens is 2. The first-order valence-corrected chi connectivity index (χ1v) is 14.3. The highest BCUT2D eigenvalue weighted by Gasteiger charge is 2.25. The van der Waals surface area contributed by atoms with E-state index < -0.39 is 5.67 Å². The molecule has 5 nitrogen and oxygen atoms in total. The Morgan fingerprint density at radius 2 is 1.91 bits per heavy atom. The van der Waals surface area contributed by atoms with Crippen molar-refractivity contribution in [1.82, 2.24) is 14.9 Å². The summed E-state index contributed by atoms with van der Waals surface area (Å²) < 4.78 is 19.3. The minimum absolute atomic E-state index is 0.0493. The Bertz CT molecular complexity index is 919. The number of Topliss-reactive ketones (excluding diaryl/α,β-unsaturated/α-hetero) is 1. The lowest BCUT2D eigenvalue weighted by Gasteiger charge is -2.30. The molecule has 4 rings (SSSR count). The third kappa shape index (κ3) is 7.82. The fourth-order valence-corrected chi connectivity index (χ4v) is 6.84. The molecule has 0 radical (unpaired) electrons. The Labute approximate surface area is 211 Å². The minimum Gasteiger partial charge on any atom is -0.467 e. The zero-order valence-corrected chi connectivity index (χ0v) is 22.4. The fraction of sp³-hybridized carbons (Fsp3) is 0.731. The number of ketones is 1. The molecule has 3 heterocycles. The summed E-state index contributed by atoms with van der Waals surface area (Å²) in [6.07, 6.45) is 11.2. The number of carbonyl (C=O) groups excluding carboxylic acids is 1. The van der Waals surface area contributed by atoms with Gasteiger partial charge in [-0.15, -0.1) is 11.3 Å². The number of halogens is 1. The summed E-state index contributed by atoms with van der Waals surface area (Å²) in [5.74, 6) is 1.73. The maximum atomic E-state index is 13.7. The molecule has 1 saturated carbocycles. The molecule has 8 heteroatoms.